The normalized spacial score (nSPS) is 13.7. The number of hydrogen-bond donors (Lipinski definition) is 0. The molecule has 11 aromatic rings. The topological polar surface area (TPSA) is 3.24 Å². The smallest absolute Gasteiger partial charge is 0.0540 e. The molecular formula is C68H51N. The summed E-state index contributed by atoms with van der Waals surface area (Å²) in [6.45, 7) is 9.50. The molecule has 0 heterocycles. The van der Waals surface area contributed by atoms with Gasteiger partial charge in [0, 0.05) is 27.6 Å². The van der Waals surface area contributed by atoms with Gasteiger partial charge in [-0.1, -0.05) is 234 Å². The van der Waals surface area contributed by atoms with Crippen LogP contribution < -0.4 is 4.90 Å². The highest BCUT2D eigenvalue weighted by Crippen LogP contribution is 2.54. The molecule has 0 saturated carbocycles. The van der Waals surface area contributed by atoms with E-state index in [1.165, 1.54) is 111 Å². The zero-order valence-electron chi connectivity index (χ0n) is 39.5. The third-order valence-electron chi connectivity index (χ3n) is 15.5. The number of rotatable bonds is 7. The van der Waals surface area contributed by atoms with Crippen molar-refractivity contribution in [2.75, 3.05) is 4.90 Å². The van der Waals surface area contributed by atoms with Crippen molar-refractivity contribution in [2.24, 2.45) is 0 Å². The van der Waals surface area contributed by atoms with Crippen LogP contribution in [-0.2, 0) is 10.8 Å². The summed E-state index contributed by atoms with van der Waals surface area (Å²) < 4.78 is 0. The SMILES string of the molecule is CC1(C)c2ccccc2-c2ccc(-c3ccccc3N(c3ccc(-c4ccccc4-c4cccc5c4C(C)(C)c4ccccc4-5)cc3)c3ccccc3-c3cccc4c3ccc3ccccc34)cc21. The second-order valence-electron chi connectivity index (χ2n) is 20.0. The predicted octanol–water partition coefficient (Wildman–Crippen LogP) is 18.7. The zero-order valence-corrected chi connectivity index (χ0v) is 39.5. The fourth-order valence-electron chi connectivity index (χ4n) is 12.2. The highest BCUT2D eigenvalue weighted by atomic mass is 15.1. The van der Waals surface area contributed by atoms with Crippen LogP contribution in [0.1, 0.15) is 49.9 Å². The van der Waals surface area contributed by atoms with Gasteiger partial charge in [-0.25, -0.2) is 0 Å². The molecule has 0 amide bonds. The van der Waals surface area contributed by atoms with E-state index in [1.807, 2.05) is 0 Å². The second-order valence-corrected chi connectivity index (χ2v) is 20.0. The fraction of sp³-hybridized carbons (Fsp3) is 0.0882. The minimum Gasteiger partial charge on any atom is -0.309 e. The highest BCUT2D eigenvalue weighted by Gasteiger charge is 2.38. The predicted molar refractivity (Wildman–Crippen MR) is 293 cm³/mol. The molecule has 0 aromatic heterocycles. The van der Waals surface area contributed by atoms with E-state index in [4.69, 9.17) is 0 Å². The standard InChI is InChI=1S/C68H51N/c1-67(2)61-31-13-9-24-55(61)57-42-38-46(43-63(57)67)50-22-11-15-33-64(50)69(65-34-16-12-26-58(65)53-28-17-27-51-48-20-6-5-19-44(48)37-41-54(51)53)47-39-35-45(36-40-47)49-21-7-8-23-52(49)59-29-18-30-60-56-25-10-14-32-62(56)68(3,4)66(59)60/h5-43H,1-4H3. The van der Waals surface area contributed by atoms with Crippen molar-refractivity contribution in [3.05, 3.63) is 259 Å². The molecule has 0 spiro atoms. The maximum absolute atomic E-state index is 2.50. The van der Waals surface area contributed by atoms with E-state index >= 15 is 0 Å². The van der Waals surface area contributed by atoms with E-state index in [2.05, 4.69) is 269 Å². The summed E-state index contributed by atoms with van der Waals surface area (Å²) in [7, 11) is 0. The molecule has 0 unspecified atom stereocenters. The highest BCUT2D eigenvalue weighted by molar-refractivity contribution is 6.13. The average molecular weight is 882 g/mol. The van der Waals surface area contributed by atoms with Crippen molar-refractivity contribution in [1.29, 1.82) is 0 Å². The average Bonchev–Trinajstić information content (AvgIpc) is 3.78. The summed E-state index contributed by atoms with van der Waals surface area (Å²) in [5.41, 5.74) is 23.7. The van der Waals surface area contributed by atoms with Crippen LogP contribution >= 0.6 is 0 Å². The van der Waals surface area contributed by atoms with Crippen molar-refractivity contribution >= 4 is 38.6 Å². The molecule has 0 N–H and O–H groups in total. The van der Waals surface area contributed by atoms with Gasteiger partial charge in [-0.05, 0) is 130 Å². The lowest BCUT2D eigenvalue weighted by Crippen LogP contribution is -2.16. The first-order chi connectivity index (χ1) is 33.8. The Morgan fingerprint density at radius 3 is 1.52 bits per heavy atom. The first-order valence-electron chi connectivity index (χ1n) is 24.3. The van der Waals surface area contributed by atoms with Gasteiger partial charge in [0.15, 0.2) is 0 Å². The molecule has 0 atom stereocenters. The van der Waals surface area contributed by atoms with Crippen molar-refractivity contribution in [3.63, 3.8) is 0 Å². The Balaban J connectivity index is 0.988. The molecule has 69 heavy (non-hydrogen) atoms. The lowest BCUT2D eigenvalue weighted by molar-refractivity contribution is 0.660. The van der Waals surface area contributed by atoms with Crippen molar-refractivity contribution < 1.29 is 0 Å². The molecule has 1 nitrogen and oxygen atoms in total. The van der Waals surface area contributed by atoms with E-state index < -0.39 is 0 Å². The van der Waals surface area contributed by atoms with Crippen LogP contribution in [0.5, 0.6) is 0 Å². The number of nitrogens with zero attached hydrogens (tertiary/aromatic N) is 1. The zero-order chi connectivity index (χ0) is 46.4. The van der Waals surface area contributed by atoms with E-state index in [9.17, 15) is 0 Å². The summed E-state index contributed by atoms with van der Waals surface area (Å²) in [4.78, 5) is 2.50. The lowest BCUT2D eigenvalue weighted by atomic mass is 9.78. The van der Waals surface area contributed by atoms with Crippen molar-refractivity contribution in [1.82, 2.24) is 0 Å². The van der Waals surface area contributed by atoms with Crippen LogP contribution in [0.4, 0.5) is 17.1 Å². The monoisotopic (exact) mass is 881 g/mol. The molecule has 1 heteroatoms. The van der Waals surface area contributed by atoms with Crippen LogP contribution in [0.2, 0.25) is 0 Å². The Kier molecular flexibility index (Phi) is 9.30. The summed E-state index contributed by atoms with van der Waals surface area (Å²) in [6, 6.07) is 88.1. The summed E-state index contributed by atoms with van der Waals surface area (Å²) in [5, 5.41) is 5.01. The van der Waals surface area contributed by atoms with Crippen LogP contribution in [0.3, 0.4) is 0 Å². The van der Waals surface area contributed by atoms with Crippen LogP contribution in [0, 0.1) is 0 Å². The van der Waals surface area contributed by atoms with Gasteiger partial charge in [0.2, 0.25) is 0 Å². The second kappa shape index (κ2) is 15.7. The molecule has 11 aromatic carbocycles. The van der Waals surface area contributed by atoms with Gasteiger partial charge in [0.25, 0.3) is 0 Å². The molecule has 0 aliphatic heterocycles. The van der Waals surface area contributed by atoms with Gasteiger partial charge in [-0.2, -0.15) is 0 Å². The third-order valence-corrected chi connectivity index (χ3v) is 15.5. The Labute approximate surface area is 405 Å². The number of anilines is 3. The summed E-state index contributed by atoms with van der Waals surface area (Å²) >= 11 is 0. The fourth-order valence-corrected chi connectivity index (χ4v) is 12.2. The third kappa shape index (κ3) is 6.30. The van der Waals surface area contributed by atoms with Gasteiger partial charge in [-0.15, -0.1) is 0 Å². The first kappa shape index (κ1) is 41.0. The van der Waals surface area contributed by atoms with Crippen molar-refractivity contribution in [3.8, 4) is 66.8 Å². The largest absolute Gasteiger partial charge is 0.309 e. The molecule has 0 saturated heterocycles. The van der Waals surface area contributed by atoms with E-state index in [1.54, 1.807) is 0 Å². The number of para-hydroxylation sites is 2. The molecule has 13 rings (SSSR count). The Morgan fingerprint density at radius 1 is 0.275 bits per heavy atom. The van der Waals surface area contributed by atoms with Crippen LogP contribution in [0.25, 0.3) is 88.3 Å². The quantitative estimate of drug-likeness (QED) is 0.144. The Hall–Kier alpha value is -8.26. The molecule has 2 aliphatic rings. The molecular weight excluding hydrogens is 831 g/mol. The van der Waals surface area contributed by atoms with Gasteiger partial charge < -0.3 is 4.90 Å². The Morgan fingerprint density at radius 2 is 0.768 bits per heavy atom. The van der Waals surface area contributed by atoms with E-state index in [0.717, 1.165) is 17.1 Å². The van der Waals surface area contributed by atoms with E-state index in [-0.39, 0.29) is 10.8 Å². The summed E-state index contributed by atoms with van der Waals surface area (Å²) in [6.07, 6.45) is 0. The van der Waals surface area contributed by atoms with Crippen LogP contribution in [0.15, 0.2) is 237 Å². The maximum Gasteiger partial charge on any atom is 0.0540 e. The minimum atomic E-state index is -0.128. The van der Waals surface area contributed by atoms with Gasteiger partial charge in [0.05, 0.1) is 11.4 Å². The molecule has 0 bridgehead atoms. The molecule has 0 radical (unpaired) electrons. The maximum atomic E-state index is 2.50. The van der Waals surface area contributed by atoms with Gasteiger partial charge in [-0.3, -0.25) is 0 Å². The number of hydrogen-bond acceptors (Lipinski definition) is 1. The lowest BCUT2D eigenvalue weighted by Gasteiger charge is -2.30. The first-order valence-corrected chi connectivity index (χ1v) is 24.3. The number of fused-ring (bicyclic) bond motifs is 9. The minimum absolute atomic E-state index is 0.118. The molecule has 0 fully saturated rings. The van der Waals surface area contributed by atoms with Crippen molar-refractivity contribution in [2.45, 2.75) is 38.5 Å². The Bertz CT molecular complexity index is 3850. The summed E-state index contributed by atoms with van der Waals surface area (Å²) in [5.74, 6) is 0. The van der Waals surface area contributed by atoms with Gasteiger partial charge in [0.1, 0.15) is 0 Å². The number of benzene rings is 11. The van der Waals surface area contributed by atoms with Gasteiger partial charge >= 0.3 is 0 Å². The molecule has 2 aliphatic carbocycles. The van der Waals surface area contributed by atoms with Crippen LogP contribution in [-0.4, -0.2) is 0 Å². The molecule has 328 valence electrons. The van der Waals surface area contributed by atoms with E-state index in [0.29, 0.717) is 0 Å².